The van der Waals surface area contributed by atoms with Crippen molar-refractivity contribution >= 4 is 32.6 Å². The highest BCUT2D eigenvalue weighted by molar-refractivity contribution is 7.22. The quantitative estimate of drug-likeness (QED) is 0.361. The van der Waals surface area contributed by atoms with Gasteiger partial charge in [0.25, 0.3) is 5.91 Å². The van der Waals surface area contributed by atoms with Crippen LogP contribution in [0.15, 0.2) is 24.3 Å². The molecule has 1 aromatic heterocycles. The van der Waals surface area contributed by atoms with Gasteiger partial charge in [-0.1, -0.05) is 25.2 Å². The van der Waals surface area contributed by atoms with Crippen LogP contribution in [-0.2, 0) is 0 Å². The third-order valence-corrected chi connectivity index (χ3v) is 6.91. The Bertz CT molecular complexity index is 1100. The molecule has 0 saturated heterocycles. The van der Waals surface area contributed by atoms with E-state index in [1.165, 1.54) is 32.7 Å². The second-order valence-corrected chi connectivity index (χ2v) is 8.52. The molecule has 0 unspecified atom stereocenters. The standard InChI is InChI=1S/C25H33N3O6S/c1-8-27(9-2)12-13-28(24(29)16-14-19(32-5)22(34-7)20(15-16)33-6)25-26-21-17(30-3)10-11-18(31-4)23(21)35-25/h10-11,14-15H,8-9,12-13H2,1-7H3. The van der Waals surface area contributed by atoms with E-state index < -0.39 is 0 Å². The van der Waals surface area contributed by atoms with Crippen LogP contribution >= 0.6 is 11.3 Å². The molecule has 3 rings (SSSR count). The molecule has 9 nitrogen and oxygen atoms in total. The van der Waals surface area contributed by atoms with Crippen molar-refractivity contribution in [2.75, 3.05) is 66.6 Å². The number of benzene rings is 2. The lowest BCUT2D eigenvalue weighted by Crippen LogP contribution is -2.38. The van der Waals surface area contributed by atoms with Gasteiger partial charge in [0, 0.05) is 18.7 Å². The summed E-state index contributed by atoms with van der Waals surface area (Å²) in [6.45, 7) is 7.09. The van der Waals surface area contributed by atoms with Crippen molar-refractivity contribution in [3.63, 3.8) is 0 Å². The molecule has 0 aliphatic rings. The maximum atomic E-state index is 13.9. The Morgan fingerprint density at radius 3 is 1.91 bits per heavy atom. The van der Waals surface area contributed by atoms with Crippen LogP contribution in [-0.4, -0.2) is 77.5 Å². The molecule has 2 aromatic carbocycles. The van der Waals surface area contributed by atoms with E-state index in [-0.39, 0.29) is 5.91 Å². The number of fused-ring (bicyclic) bond motifs is 1. The molecule has 190 valence electrons. The van der Waals surface area contributed by atoms with Crippen LogP contribution in [0.5, 0.6) is 28.7 Å². The van der Waals surface area contributed by atoms with Crippen LogP contribution in [0.25, 0.3) is 10.2 Å². The molecule has 10 heteroatoms. The average molecular weight is 504 g/mol. The van der Waals surface area contributed by atoms with E-state index in [1.807, 2.05) is 12.1 Å². The summed E-state index contributed by atoms with van der Waals surface area (Å²) in [6.07, 6.45) is 0. The summed E-state index contributed by atoms with van der Waals surface area (Å²) in [5, 5.41) is 0.550. The largest absolute Gasteiger partial charge is 0.495 e. The lowest BCUT2D eigenvalue weighted by molar-refractivity contribution is 0.0983. The molecule has 35 heavy (non-hydrogen) atoms. The molecule has 0 saturated carbocycles. The zero-order chi connectivity index (χ0) is 25.5. The highest BCUT2D eigenvalue weighted by Gasteiger charge is 2.26. The monoisotopic (exact) mass is 503 g/mol. The lowest BCUT2D eigenvalue weighted by atomic mass is 10.1. The van der Waals surface area contributed by atoms with E-state index in [9.17, 15) is 4.79 Å². The first-order chi connectivity index (χ1) is 17.0. The Morgan fingerprint density at radius 1 is 0.829 bits per heavy atom. The van der Waals surface area contributed by atoms with Gasteiger partial charge in [0.15, 0.2) is 16.6 Å². The maximum Gasteiger partial charge on any atom is 0.260 e. The van der Waals surface area contributed by atoms with E-state index in [1.54, 1.807) is 31.3 Å². The number of anilines is 1. The summed E-state index contributed by atoms with van der Waals surface area (Å²) in [5.41, 5.74) is 1.05. The van der Waals surface area contributed by atoms with Crippen molar-refractivity contribution in [3.8, 4) is 28.7 Å². The van der Waals surface area contributed by atoms with Gasteiger partial charge in [-0.15, -0.1) is 0 Å². The second-order valence-electron chi connectivity index (χ2n) is 7.54. The van der Waals surface area contributed by atoms with Crippen LogP contribution in [0.1, 0.15) is 24.2 Å². The number of carbonyl (C=O) groups excluding carboxylic acids is 1. The van der Waals surface area contributed by atoms with Gasteiger partial charge in [0.05, 0.1) is 35.5 Å². The molecule has 0 atom stereocenters. The fourth-order valence-corrected chi connectivity index (χ4v) is 4.91. The smallest absolute Gasteiger partial charge is 0.260 e. The molecule has 0 N–H and O–H groups in total. The Kier molecular flexibility index (Phi) is 9.00. The Labute approximate surface area is 210 Å². The van der Waals surface area contributed by atoms with Gasteiger partial charge < -0.3 is 28.6 Å². The van der Waals surface area contributed by atoms with Crippen LogP contribution in [0.4, 0.5) is 5.13 Å². The highest BCUT2D eigenvalue weighted by atomic mass is 32.1. The molecular formula is C25H33N3O6S. The maximum absolute atomic E-state index is 13.9. The Hall–Kier alpha value is -3.24. The third-order valence-electron chi connectivity index (χ3n) is 5.82. The summed E-state index contributed by atoms with van der Waals surface area (Å²) in [4.78, 5) is 22.7. The van der Waals surface area contributed by atoms with Crippen LogP contribution in [0, 0.1) is 0 Å². The molecule has 0 bridgehead atoms. The minimum atomic E-state index is -0.228. The van der Waals surface area contributed by atoms with Crippen molar-refractivity contribution < 1.29 is 28.5 Å². The molecule has 1 amide bonds. The number of rotatable bonds is 12. The van der Waals surface area contributed by atoms with Gasteiger partial charge in [0.1, 0.15) is 21.7 Å². The SMILES string of the molecule is CCN(CC)CCN(C(=O)c1cc(OC)c(OC)c(OC)c1)c1nc2c(OC)ccc(OC)c2s1. The summed E-state index contributed by atoms with van der Waals surface area (Å²) in [6, 6.07) is 6.96. The fraction of sp³-hybridized carbons (Fsp3) is 0.440. The van der Waals surface area contributed by atoms with E-state index in [0.717, 1.165) is 17.8 Å². The summed E-state index contributed by atoms with van der Waals surface area (Å²) >= 11 is 1.39. The van der Waals surface area contributed by atoms with Crippen molar-refractivity contribution in [3.05, 3.63) is 29.8 Å². The number of likely N-dealkylation sites (N-methyl/N-ethyl adjacent to an activating group) is 1. The summed E-state index contributed by atoms with van der Waals surface area (Å²) < 4.78 is 28.2. The van der Waals surface area contributed by atoms with Crippen molar-refractivity contribution in [2.45, 2.75) is 13.8 Å². The van der Waals surface area contributed by atoms with Crippen LogP contribution in [0.2, 0.25) is 0 Å². The minimum Gasteiger partial charge on any atom is -0.495 e. The number of thiazole rings is 1. The highest BCUT2D eigenvalue weighted by Crippen LogP contribution is 2.42. The van der Waals surface area contributed by atoms with Crippen molar-refractivity contribution in [1.29, 1.82) is 0 Å². The van der Waals surface area contributed by atoms with Gasteiger partial charge in [-0.3, -0.25) is 9.69 Å². The number of hydrogen-bond donors (Lipinski definition) is 0. The zero-order valence-electron chi connectivity index (χ0n) is 21.3. The summed E-state index contributed by atoms with van der Waals surface area (Å²) in [5.74, 6) is 2.31. The first-order valence-corrected chi connectivity index (χ1v) is 12.1. The lowest BCUT2D eigenvalue weighted by Gasteiger charge is -2.25. The number of methoxy groups -OCH3 is 5. The van der Waals surface area contributed by atoms with Crippen molar-refractivity contribution in [2.24, 2.45) is 0 Å². The first-order valence-electron chi connectivity index (χ1n) is 11.3. The number of aromatic nitrogens is 1. The van der Waals surface area contributed by atoms with E-state index in [0.29, 0.717) is 58.0 Å². The van der Waals surface area contributed by atoms with Gasteiger partial charge >= 0.3 is 0 Å². The van der Waals surface area contributed by atoms with Crippen LogP contribution < -0.4 is 28.6 Å². The van der Waals surface area contributed by atoms with Crippen molar-refractivity contribution in [1.82, 2.24) is 9.88 Å². The Morgan fingerprint density at radius 2 is 1.40 bits per heavy atom. The van der Waals surface area contributed by atoms with Gasteiger partial charge in [0.2, 0.25) is 5.75 Å². The topological polar surface area (TPSA) is 82.6 Å². The molecule has 0 radical (unpaired) electrons. The minimum absolute atomic E-state index is 0.228. The number of carbonyl (C=O) groups is 1. The first kappa shape index (κ1) is 26.4. The van der Waals surface area contributed by atoms with E-state index in [2.05, 4.69) is 18.7 Å². The average Bonchev–Trinajstić information content (AvgIpc) is 3.34. The molecule has 3 aromatic rings. The molecule has 1 heterocycles. The van der Waals surface area contributed by atoms with Gasteiger partial charge in [-0.05, 0) is 37.4 Å². The molecule has 0 aliphatic heterocycles. The predicted molar refractivity (Wildman–Crippen MR) is 138 cm³/mol. The predicted octanol–water partition coefficient (Wildman–Crippen LogP) is 4.33. The Balaban J connectivity index is 2.13. The number of ether oxygens (including phenoxy) is 5. The number of hydrogen-bond acceptors (Lipinski definition) is 9. The van der Waals surface area contributed by atoms with Crippen LogP contribution in [0.3, 0.4) is 0 Å². The second kappa shape index (κ2) is 11.9. The molecular weight excluding hydrogens is 470 g/mol. The third kappa shape index (κ3) is 5.38. The summed E-state index contributed by atoms with van der Waals surface area (Å²) in [7, 11) is 7.78. The molecule has 0 fully saturated rings. The van der Waals surface area contributed by atoms with E-state index in [4.69, 9.17) is 28.7 Å². The molecule has 0 aliphatic carbocycles. The number of nitrogens with zero attached hydrogens (tertiary/aromatic N) is 3. The molecule has 0 spiro atoms. The van der Waals surface area contributed by atoms with Gasteiger partial charge in [-0.2, -0.15) is 0 Å². The van der Waals surface area contributed by atoms with E-state index >= 15 is 0 Å². The normalized spacial score (nSPS) is 11.0. The zero-order valence-corrected chi connectivity index (χ0v) is 22.2. The number of amides is 1. The van der Waals surface area contributed by atoms with Gasteiger partial charge in [-0.25, -0.2) is 4.98 Å². The fourth-order valence-electron chi connectivity index (χ4n) is 3.82.